The summed E-state index contributed by atoms with van der Waals surface area (Å²) in [6, 6.07) is 15.0. The van der Waals surface area contributed by atoms with Gasteiger partial charge in [-0.15, -0.1) is 0 Å². The van der Waals surface area contributed by atoms with Crippen molar-refractivity contribution in [2.75, 3.05) is 33.8 Å². The summed E-state index contributed by atoms with van der Waals surface area (Å²) in [7, 11) is 3.88. The molecule has 53 heavy (non-hydrogen) atoms. The van der Waals surface area contributed by atoms with Crippen LogP contribution in [-0.2, 0) is 0 Å². The van der Waals surface area contributed by atoms with Crippen molar-refractivity contribution in [1.82, 2.24) is 25.0 Å². The van der Waals surface area contributed by atoms with Crippen LogP contribution >= 0.6 is 0 Å². The molecule has 6 N–H and O–H groups in total. The Kier molecular flexibility index (Phi) is 12.6. The van der Waals surface area contributed by atoms with Gasteiger partial charge in [-0.1, -0.05) is 45.0 Å². The number of rotatable bonds is 9. The highest BCUT2D eigenvalue weighted by Gasteiger charge is 2.30. The van der Waals surface area contributed by atoms with E-state index in [2.05, 4.69) is 22.5 Å². The highest BCUT2D eigenvalue weighted by atomic mass is 19.1. The van der Waals surface area contributed by atoms with Gasteiger partial charge in [0.2, 0.25) is 5.96 Å². The minimum Gasteiger partial charge on any atom is -0.492 e. The van der Waals surface area contributed by atoms with Crippen LogP contribution in [-0.4, -0.2) is 72.0 Å². The molecule has 3 aromatic rings. The van der Waals surface area contributed by atoms with Gasteiger partial charge in [0.1, 0.15) is 47.0 Å². The van der Waals surface area contributed by atoms with Crippen LogP contribution in [0.3, 0.4) is 0 Å². The number of fused-ring (bicyclic) bond motifs is 1. The number of pyridine rings is 1. The molecule has 5 rings (SSSR count). The number of nitrogens with one attached hydrogen (secondary N) is 4. The van der Waals surface area contributed by atoms with Crippen LogP contribution in [0.15, 0.2) is 77.6 Å². The molecule has 1 saturated heterocycles. The third-order valence-corrected chi connectivity index (χ3v) is 9.61. The largest absolute Gasteiger partial charge is 0.492 e. The molecule has 2 amide bonds. The van der Waals surface area contributed by atoms with E-state index in [-0.39, 0.29) is 41.2 Å². The first-order valence-corrected chi connectivity index (χ1v) is 18.3. The van der Waals surface area contributed by atoms with Gasteiger partial charge in [-0.25, -0.2) is 14.2 Å². The number of carbonyl (C=O) groups is 1. The van der Waals surface area contributed by atoms with Gasteiger partial charge in [-0.2, -0.15) is 0 Å². The van der Waals surface area contributed by atoms with E-state index in [1.54, 1.807) is 35.0 Å². The average Bonchev–Trinajstić information content (AvgIpc) is 3.10. The lowest BCUT2D eigenvalue weighted by atomic mass is 9.85. The number of piperidine rings is 1. The number of aliphatic imine (C=N–C) groups is 1. The van der Waals surface area contributed by atoms with Gasteiger partial charge < -0.3 is 30.3 Å². The third kappa shape index (κ3) is 10.2. The Morgan fingerprint density at radius 1 is 1.08 bits per heavy atom. The van der Waals surface area contributed by atoms with Gasteiger partial charge in [-0.3, -0.25) is 20.7 Å². The molecular weight excluding hydrogens is 673 g/mol. The number of hydrogen-bond donors (Lipinski definition) is 5. The van der Waals surface area contributed by atoms with E-state index in [9.17, 15) is 4.79 Å². The number of likely N-dealkylation sites (N-methyl/N-ethyl adjacent to an activating group) is 1. The lowest BCUT2D eigenvalue weighted by Crippen LogP contribution is -2.47. The number of hydrogen-bond acceptors (Lipinski definition) is 8. The highest BCUT2D eigenvalue weighted by Crippen LogP contribution is 2.38. The van der Waals surface area contributed by atoms with Crippen LogP contribution < -0.4 is 31.3 Å². The number of benzene rings is 2. The van der Waals surface area contributed by atoms with Crippen molar-refractivity contribution in [3.63, 3.8) is 0 Å². The monoisotopic (exact) mass is 727 g/mol. The van der Waals surface area contributed by atoms with Gasteiger partial charge in [-0.05, 0) is 88.5 Å². The predicted octanol–water partition coefficient (Wildman–Crippen LogP) is 6.58. The van der Waals surface area contributed by atoms with Crippen molar-refractivity contribution in [3.8, 4) is 11.5 Å². The number of aromatic nitrogens is 1. The average molecular weight is 728 g/mol. The normalized spacial score (nSPS) is 19.4. The number of amidine groups is 1. The molecule has 1 aliphatic carbocycles. The number of halogens is 1. The van der Waals surface area contributed by atoms with E-state index in [0.717, 1.165) is 36.9 Å². The Hall–Kier alpha value is -5.17. The molecule has 0 saturated carbocycles. The zero-order chi connectivity index (χ0) is 38.3. The second kappa shape index (κ2) is 17.1. The molecule has 1 aliphatic heterocycles. The van der Waals surface area contributed by atoms with E-state index in [0.29, 0.717) is 43.2 Å². The Bertz CT molecular complexity index is 1900. The maximum absolute atomic E-state index is 15.0. The number of allylic oxidation sites excluding steroid dienone is 1. The summed E-state index contributed by atoms with van der Waals surface area (Å²) in [4.78, 5) is 22.1. The lowest BCUT2D eigenvalue weighted by Gasteiger charge is -2.36. The maximum atomic E-state index is 15.0. The fraction of sp³-hybridized carbons (Fsp3) is 0.450. The predicted molar refractivity (Wildman–Crippen MR) is 206 cm³/mol. The molecule has 0 unspecified atom stereocenters. The maximum Gasteiger partial charge on any atom is 0.320 e. The van der Waals surface area contributed by atoms with Gasteiger partial charge >= 0.3 is 6.03 Å². The smallest absolute Gasteiger partial charge is 0.320 e. The van der Waals surface area contributed by atoms with Gasteiger partial charge in [0.05, 0.1) is 12.2 Å². The van der Waals surface area contributed by atoms with E-state index < -0.39 is 17.3 Å². The van der Waals surface area contributed by atoms with Crippen molar-refractivity contribution in [2.24, 2.45) is 16.1 Å². The third-order valence-electron chi connectivity index (χ3n) is 9.61. The summed E-state index contributed by atoms with van der Waals surface area (Å²) in [5.41, 5.74) is 8.48. The Morgan fingerprint density at radius 2 is 1.81 bits per heavy atom. The second-order valence-electron chi connectivity index (χ2n) is 15.1. The molecular formula is C40H54FN9O3. The number of carbonyl (C=O) groups excluding carboxylic acids is 1. The summed E-state index contributed by atoms with van der Waals surface area (Å²) in [5.74, 6) is 0.806. The molecule has 2 heterocycles. The van der Waals surface area contributed by atoms with Crippen LogP contribution in [0.5, 0.6) is 11.5 Å². The van der Waals surface area contributed by atoms with Gasteiger partial charge in [0.25, 0.3) is 0 Å². The number of ether oxygens (including phenoxy) is 2. The van der Waals surface area contributed by atoms with E-state index >= 15 is 4.39 Å². The second-order valence-corrected chi connectivity index (χ2v) is 15.1. The molecule has 1 aromatic heterocycles. The topological polar surface area (TPSA) is 157 Å². The molecule has 284 valence electrons. The quantitative estimate of drug-likeness (QED) is 0.124. The number of urea groups is 1. The van der Waals surface area contributed by atoms with Crippen LogP contribution in [0.25, 0.3) is 0 Å². The van der Waals surface area contributed by atoms with Gasteiger partial charge in [0, 0.05) is 42.4 Å². The molecule has 3 atom stereocenters. The Labute approximate surface area is 311 Å². The van der Waals surface area contributed by atoms with Crippen LogP contribution in [0.1, 0.15) is 83.1 Å². The summed E-state index contributed by atoms with van der Waals surface area (Å²) in [5, 5.41) is 23.3. The minimum absolute atomic E-state index is 0.00367. The molecule has 0 radical (unpaired) electrons. The van der Waals surface area contributed by atoms with Crippen molar-refractivity contribution in [2.45, 2.75) is 78.0 Å². The lowest BCUT2D eigenvalue weighted by molar-refractivity contribution is 0.170. The van der Waals surface area contributed by atoms with Crippen molar-refractivity contribution >= 4 is 23.5 Å². The molecule has 12 nitrogen and oxygen atoms in total. The summed E-state index contributed by atoms with van der Waals surface area (Å²) in [6.45, 7) is 9.83. The summed E-state index contributed by atoms with van der Waals surface area (Å²) < 4.78 is 28.9. The number of nitrogens with two attached hydrogens (primary N) is 1. The van der Waals surface area contributed by atoms with Crippen LogP contribution in [0.4, 0.5) is 14.9 Å². The van der Waals surface area contributed by atoms with Crippen LogP contribution in [0.2, 0.25) is 0 Å². The zero-order valence-electron chi connectivity index (χ0n) is 31.7. The number of likely N-dealkylation sites (tertiary alicyclic amines) is 1. The zero-order valence-corrected chi connectivity index (χ0v) is 31.7. The molecule has 2 aliphatic rings. The molecule has 0 spiro atoms. The summed E-state index contributed by atoms with van der Waals surface area (Å²) >= 11 is 0. The minimum atomic E-state index is -0.569. The number of amides is 2. The van der Waals surface area contributed by atoms with Crippen LogP contribution in [0, 0.1) is 22.1 Å². The first-order chi connectivity index (χ1) is 25.2. The molecule has 0 bridgehead atoms. The van der Waals surface area contributed by atoms with Crippen molar-refractivity contribution < 1.29 is 18.7 Å². The van der Waals surface area contributed by atoms with Crippen molar-refractivity contribution in [3.05, 3.63) is 95.0 Å². The molecule has 1 fully saturated rings. The standard InChI is InChI=1S/C40H54FN9O3/c1-26-11-9-10-20-49(26)38(44)50-25-28(15-19-36(50)43)53-34-18-17-32(29-12-7-8-13-30(29)34)46-39(51)47-37(24-35(42)40(2,3)4)45-33-23-27(14-16-31(33)41)52-22-21-48(5)6/h7-8,12-16,19,23-26,32,34,43-44H,9-11,17-18,20-22,42H2,1-6H3,(H2,45,46,47,51)/t26-,32-,34+/m0/s1. The first-order valence-electron chi connectivity index (χ1n) is 18.3. The number of nitrogens with zero attached hydrogens (tertiary/aromatic N) is 4. The SMILES string of the molecule is C[C@H]1CCCCN1C(=N)n1cc(O[C@@H]2CC[C@H](NC(=O)NC(C=C(N)C(C)(C)C)=Nc3cc(OCCN(C)C)ccc3F)c3ccccc32)ccc1=N. The first kappa shape index (κ1) is 39.0. The van der Waals surface area contributed by atoms with E-state index in [4.69, 9.17) is 26.0 Å². The Balaban J connectivity index is 1.33. The fourth-order valence-corrected chi connectivity index (χ4v) is 6.38. The fourth-order valence-electron chi connectivity index (χ4n) is 6.38. The highest BCUT2D eigenvalue weighted by molar-refractivity contribution is 6.05. The Morgan fingerprint density at radius 3 is 2.53 bits per heavy atom. The molecule has 13 heteroatoms. The van der Waals surface area contributed by atoms with Crippen molar-refractivity contribution in [1.29, 1.82) is 10.8 Å². The van der Waals surface area contributed by atoms with E-state index in [1.165, 1.54) is 12.1 Å². The van der Waals surface area contributed by atoms with Gasteiger partial charge in [0.15, 0.2) is 0 Å². The molecule has 2 aromatic carbocycles. The van der Waals surface area contributed by atoms with E-state index in [1.807, 2.05) is 68.9 Å². The summed E-state index contributed by atoms with van der Waals surface area (Å²) in [6.07, 6.45) is 7.35.